The van der Waals surface area contributed by atoms with Gasteiger partial charge < -0.3 is 10.2 Å². The Morgan fingerprint density at radius 3 is 2.12 bits per heavy atom. The van der Waals surface area contributed by atoms with E-state index in [4.69, 9.17) is 0 Å². The smallest absolute Gasteiger partial charge is 0.236 e. The summed E-state index contributed by atoms with van der Waals surface area (Å²) in [5, 5.41) is 2.69. The highest BCUT2D eigenvalue weighted by atomic mass is 16.2. The van der Waals surface area contributed by atoms with Crippen LogP contribution >= 0.6 is 0 Å². The molecule has 0 unspecified atom stereocenters. The molecule has 2 saturated heterocycles. The maximum Gasteiger partial charge on any atom is 0.236 e. The summed E-state index contributed by atoms with van der Waals surface area (Å²) in [5.74, 6) is 0.238. The molecule has 17 heavy (non-hydrogen) atoms. The third-order valence-electron chi connectivity index (χ3n) is 2.65. The van der Waals surface area contributed by atoms with Gasteiger partial charge in [0.15, 0.2) is 0 Å². The van der Waals surface area contributed by atoms with Gasteiger partial charge in [-0.3, -0.25) is 19.4 Å². The maximum atomic E-state index is 10.8. The molecule has 0 bridgehead atoms. The molecule has 0 aromatic rings. The molecule has 0 spiro atoms. The largest absolute Gasteiger partial charge is 0.354 e. The van der Waals surface area contributed by atoms with Gasteiger partial charge in [0, 0.05) is 47.3 Å². The summed E-state index contributed by atoms with van der Waals surface area (Å²) in [6, 6.07) is 0. The number of hydrogen-bond acceptors (Lipinski definition) is 4. The second-order valence-electron chi connectivity index (χ2n) is 4.27. The first-order valence-corrected chi connectivity index (χ1v) is 5.60. The van der Waals surface area contributed by atoms with Crippen LogP contribution in [0.4, 0.5) is 0 Å². The molecule has 2 heterocycles. The Morgan fingerprint density at radius 1 is 1.06 bits per heavy atom. The zero-order valence-corrected chi connectivity index (χ0v) is 10.3. The lowest BCUT2D eigenvalue weighted by Crippen LogP contribution is -2.45. The highest BCUT2D eigenvalue weighted by molar-refractivity contribution is 5.79. The number of piperazine rings is 2. The van der Waals surface area contributed by atoms with Gasteiger partial charge in [0.05, 0.1) is 13.1 Å². The van der Waals surface area contributed by atoms with E-state index in [1.165, 1.54) is 0 Å². The molecule has 2 radical (unpaired) electrons. The number of rotatable bonds is 0. The van der Waals surface area contributed by atoms with Crippen LogP contribution in [0.25, 0.3) is 0 Å². The number of hydrogen-bond donors (Lipinski definition) is 1. The molecule has 1 N–H and O–H groups in total. The second-order valence-corrected chi connectivity index (χ2v) is 4.27. The van der Waals surface area contributed by atoms with E-state index in [0.29, 0.717) is 13.1 Å². The van der Waals surface area contributed by atoms with Crippen molar-refractivity contribution in [3.63, 3.8) is 0 Å². The van der Waals surface area contributed by atoms with Crippen molar-refractivity contribution in [3.8, 4) is 0 Å². The summed E-state index contributed by atoms with van der Waals surface area (Å²) in [7, 11) is 9.10. The lowest BCUT2D eigenvalue weighted by Gasteiger charge is -2.28. The molecule has 6 nitrogen and oxygen atoms in total. The van der Waals surface area contributed by atoms with Gasteiger partial charge in [0.2, 0.25) is 11.8 Å². The van der Waals surface area contributed by atoms with Crippen LogP contribution in [0.3, 0.4) is 0 Å². The molecule has 0 atom stereocenters. The summed E-state index contributed by atoms with van der Waals surface area (Å²) in [5.41, 5.74) is 0. The lowest BCUT2D eigenvalue weighted by atomic mass is 10.3. The van der Waals surface area contributed by atoms with Crippen molar-refractivity contribution in [1.29, 1.82) is 0 Å². The maximum absolute atomic E-state index is 10.8. The average molecular weight is 240 g/mol. The number of nitrogens with one attached hydrogen (secondary N) is 1. The number of likely N-dealkylation sites (N-methyl/N-ethyl adjacent to an activating group) is 1. The van der Waals surface area contributed by atoms with Crippen LogP contribution in [0, 0.1) is 14.1 Å². The van der Waals surface area contributed by atoms with Crippen molar-refractivity contribution in [2.24, 2.45) is 0 Å². The van der Waals surface area contributed by atoms with Crippen molar-refractivity contribution >= 4 is 11.8 Å². The molecule has 0 aromatic carbocycles. The van der Waals surface area contributed by atoms with Gasteiger partial charge in [-0.1, -0.05) is 0 Å². The Hall–Kier alpha value is -1.14. The van der Waals surface area contributed by atoms with Gasteiger partial charge in [-0.05, 0) is 0 Å². The van der Waals surface area contributed by atoms with Crippen LogP contribution in [0.2, 0.25) is 0 Å². The first kappa shape index (κ1) is 13.9. The quantitative estimate of drug-likeness (QED) is 0.575. The minimum absolute atomic E-state index is 0.0752. The first-order chi connectivity index (χ1) is 7.99. The number of amides is 2. The Kier molecular flexibility index (Phi) is 5.37. The normalized spacial score (nSPS) is 22.9. The molecule has 2 aliphatic heterocycles. The monoisotopic (exact) mass is 240 g/mol. The molecule has 2 amide bonds. The van der Waals surface area contributed by atoms with Crippen LogP contribution in [0.5, 0.6) is 0 Å². The van der Waals surface area contributed by atoms with E-state index in [1.807, 2.05) is 7.05 Å². The van der Waals surface area contributed by atoms with E-state index in [1.54, 1.807) is 14.7 Å². The third kappa shape index (κ3) is 5.14. The van der Waals surface area contributed by atoms with Crippen molar-refractivity contribution in [3.05, 3.63) is 14.1 Å². The Bertz CT molecular complexity index is 283. The summed E-state index contributed by atoms with van der Waals surface area (Å²) in [4.78, 5) is 26.6. The molecule has 0 saturated carbocycles. The fourth-order valence-corrected chi connectivity index (χ4v) is 1.50. The Labute approximate surface area is 103 Å². The summed E-state index contributed by atoms with van der Waals surface area (Å²) >= 11 is 0. The lowest BCUT2D eigenvalue weighted by molar-refractivity contribution is -0.133. The van der Waals surface area contributed by atoms with Crippen LogP contribution in [-0.2, 0) is 9.59 Å². The standard InChI is InChI=1S/C6H11N2O.C5H9N2O/c1-7-3-4-8(2)6(9)5-7;1-7-3-2-6-5(8)4-7/h1,3-5H2,2H3;1-4H2,(H,6,8). The first-order valence-electron chi connectivity index (χ1n) is 5.60. The van der Waals surface area contributed by atoms with Crippen molar-refractivity contribution in [1.82, 2.24) is 20.0 Å². The van der Waals surface area contributed by atoms with E-state index in [2.05, 4.69) is 19.4 Å². The molecule has 2 aliphatic rings. The fourth-order valence-electron chi connectivity index (χ4n) is 1.50. The molecular weight excluding hydrogens is 220 g/mol. The molecular formula is C11H20N4O2. The average Bonchev–Trinajstić information content (AvgIpc) is 2.24. The Balaban J connectivity index is 0.000000171. The van der Waals surface area contributed by atoms with Crippen LogP contribution < -0.4 is 5.32 Å². The van der Waals surface area contributed by atoms with Gasteiger partial charge in [0.1, 0.15) is 0 Å². The van der Waals surface area contributed by atoms with Crippen molar-refractivity contribution in [2.75, 3.05) is 46.3 Å². The van der Waals surface area contributed by atoms with E-state index in [-0.39, 0.29) is 11.8 Å². The zero-order valence-electron chi connectivity index (χ0n) is 10.3. The van der Waals surface area contributed by atoms with Crippen LogP contribution in [-0.4, -0.2) is 72.8 Å². The molecule has 2 rings (SSSR count). The second kappa shape index (κ2) is 6.56. The number of carbonyl (C=O) groups is 2. The van der Waals surface area contributed by atoms with Crippen molar-refractivity contribution in [2.45, 2.75) is 0 Å². The summed E-state index contributed by atoms with van der Waals surface area (Å²) in [6.07, 6.45) is 0. The molecule has 96 valence electrons. The number of nitrogens with zero attached hydrogens (tertiary/aromatic N) is 3. The van der Waals surface area contributed by atoms with Crippen LogP contribution in [0.15, 0.2) is 0 Å². The summed E-state index contributed by atoms with van der Waals surface area (Å²) in [6.45, 7) is 4.22. The van der Waals surface area contributed by atoms with Crippen molar-refractivity contribution < 1.29 is 9.59 Å². The van der Waals surface area contributed by atoms with Gasteiger partial charge >= 0.3 is 0 Å². The Morgan fingerprint density at radius 2 is 1.71 bits per heavy atom. The number of carbonyl (C=O) groups excluding carboxylic acids is 2. The minimum atomic E-state index is 0.0752. The van der Waals surface area contributed by atoms with Gasteiger partial charge in [-0.2, -0.15) is 0 Å². The van der Waals surface area contributed by atoms with Gasteiger partial charge in [-0.15, -0.1) is 0 Å². The zero-order chi connectivity index (χ0) is 12.8. The van der Waals surface area contributed by atoms with Gasteiger partial charge in [0.25, 0.3) is 0 Å². The molecule has 6 heteroatoms. The highest BCUT2D eigenvalue weighted by Crippen LogP contribution is 1.97. The van der Waals surface area contributed by atoms with E-state index >= 15 is 0 Å². The topological polar surface area (TPSA) is 55.9 Å². The molecule has 0 aliphatic carbocycles. The minimum Gasteiger partial charge on any atom is -0.354 e. The van der Waals surface area contributed by atoms with Gasteiger partial charge in [-0.25, -0.2) is 0 Å². The summed E-state index contributed by atoms with van der Waals surface area (Å²) < 4.78 is 0. The third-order valence-corrected chi connectivity index (χ3v) is 2.65. The predicted octanol–water partition coefficient (Wildman–Crippen LogP) is -1.24. The van der Waals surface area contributed by atoms with E-state index < -0.39 is 0 Å². The highest BCUT2D eigenvalue weighted by Gasteiger charge is 2.16. The SMILES string of the molecule is [CH2]N1CCN(C)C(=O)C1.[CH2]N1CCNC(=O)C1. The van der Waals surface area contributed by atoms with E-state index in [0.717, 1.165) is 26.2 Å². The van der Waals surface area contributed by atoms with E-state index in [9.17, 15) is 9.59 Å². The molecule has 0 aromatic heterocycles. The molecule has 2 fully saturated rings. The predicted molar refractivity (Wildman–Crippen MR) is 64.5 cm³/mol. The fraction of sp³-hybridized carbons (Fsp3) is 0.636. The van der Waals surface area contributed by atoms with Crippen LogP contribution in [0.1, 0.15) is 0 Å².